The molecule has 106 valence electrons. The van der Waals surface area contributed by atoms with Crippen LogP contribution in [0.25, 0.3) is 0 Å². The van der Waals surface area contributed by atoms with E-state index in [9.17, 15) is 4.79 Å². The summed E-state index contributed by atoms with van der Waals surface area (Å²) in [5, 5.41) is 5.80. The van der Waals surface area contributed by atoms with E-state index in [1.165, 1.54) is 0 Å². The molecule has 1 saturated heterocycles. The van der Waals surface area contributed by atoms with E-state index in [0.717, 1.165) is 19.6 Å². The largest absolute Gasteiger partial charge is 0.379 e. The molecule has 1 aliphatic heterocycles. The van der Waals surface area contributed by atoms with Crippen LogP contribution in [0.1, 0.15) is 34.1 Å². The maximum absolute atomic E-state index is 11.7. The molecule has 5 heteroatoms. The molecule has 0 aliphatic carbocycles. The van der Waals surface area contributed by atoms with Crippen molar-refractivity contribution in [2.24, 2.45) is 5.92 Å². The van der Waals surface area contributed by atoms with Crippen molar-refractivity contribution in [2.45, 2.75) is 52.3 Å². The van der Waals surface area contributed by atoms with Crippen LogP contribution in [-0.2, 0) is 9.47 Å². The van der Waals surface area contributed by atoms with E-state index in [2.05, 4.69) is 24.5 Å². The van der Waals surface area contributed by atoms with Gasteiger partial charge in [0.25, 0.3) is 0 Å². The van der Waals surface area contributed by atoms with Gasteiger partial charge in [0, 0.05) is 13.2 Å². The zero-order valence-electron chi connectivity index (χ0n) is 11.9. The Labute approximate surface area is 110 Å². The lowest BCUT2D eigenvalue weighted by Crippen LogP contribution is -2.48. The first kappa shape index (κ1) is 15.2. The maximum Gasteiger partial charge on any atom is 0.315 e. The van der Waals surface area contributed by atoms with Gasteiger partial charge < -0.3 is 20.1 Å². The molecule has 0 aromatic heterocycles. The lowest BCUT2D eigenvalue weighted by atomic mass is 10.2. The van der Waals surface area contributed by atoms with Gasteiger partial charge in [-0.3, -0.25) is 0 Å². The van der Waals surface area contributed by atoms with E-state index in [-0.39, 0.29) is 24.2 Å². The van der Waals surface area contributed by atoms with Crippen molar-refractivity contribution in [3.05, 3.63) is 0 Å². The van der Waals surface area contributed by atoms with E-state index in [1.54, 1.807) is 0 Å². The summed E-state index contributed by atoms with van der Waals surface area (Å²) in [6.45, 7) is 10.1. The number of hydrogen-bond donors (Lipinski definition) is 2. The Hall–Kier alpha value is -0.810. The third-order valence-corrected chi connectivity index (χ3v) is 2.89. The molecule has 1 rings (SSSR count). The molecule has 2 amide bonds. The van der Waals surface area contributed by atoms with Crippen LogP contribution >= 0.6 is 0 Å². The first-order valence-corrected chi connectivity index (χ1v) is 6.75. The average molecular weight is 258 g/mol. The van der Waals surface area contributed by atoms with Crippen LogP contribution in [0.5, 0.6) is 0 Å². The van der Waals surface area contributed by atoms with Gasteiger partial charge in [0.15, 0.2) is 0 Å². The number of amides is 2. The molecule has 0 aromatic carbocycles. The predicted molar refractivity (Wildman–Crippen MR) is 70.6 cm³/mol. The van der Waals surface area contributed by atoms with E-state index < -0.39 is 0 Å². The fourth-order valence-electron chi connectivity index (χ4n) is 1.88. The summed E-state index contributed by atoms with van der Waals surface area (Å²) in [5.41, 5.74) is 0. The number of hydrogen-bond acceptors (Lipinski definition) is 3. The van der Waals surface area contributed by atoms with Crippen LogP contribution in [0.2, 0.25) is 0 Å². The highest BCUT2D eigenvalue weighted by Crippen LogP contribution is 2.12. The minimum atomic E-state index is -0.141. The third-order valence-electron chi connectivity index (χ3n) is 2.89. The molecule has 3 atom stereocenters. The Bertz CT molecular complexity index is 259. The highest BCUT2D eigenvalue weighted by molar-refractivity contribution is 5.74. The average Bonchev–Trinajstić information content (AvgIpc) is 2.63. The van der Waals surface area contributed by atoms with E-state index in [0.29, 0.717) is 12.5 Å². The molecule has 2 N–H and O–H groups in total. The summed E-state index contributed by atoms with van der Waals surface area (Å²) >= 11 is 0. The second-order valence-corrected chi connectivity index (χ2v) is 5.42. The first-order chi connectivity index (χ1) is 8.49. The lowest BCUT2D eigenvalue weighted by Gasteiger charge is -2.19. The summed E-state index contributed by atoms with van der Waals surface area (Å²) in [5.74, 6) is 0.516. The lowest BCUT2D eigenvalue weighted by molar-refractivity contribution is 0.0943. The molecular formula is C13H26N2O3. The first-order valence-electron chi connectivity index (χ1n) is 6.75. The molecule has 1 fully saturated rings. The molecule has 18 heavy (non-hydrogen) atoms. The quantitative estimate of drug-likeness (QED) is 0.759. The molecule has 0 unspecified atom stereocenters. The van der Waals surface area contributed by atoms with Gasteiger partial charge in [-0.15, -0.1) is 0 Å². The number of rotatable bonds is 6. The zero-order valence-corrected chi connectivity index (χ0v) is 11.9. The summed E-state index contributed by atoms with van der Waals surface area (Å²) in [4.78, 5) is 11.7. The fourth-order valence-corrected chi connectivity index (χ4v) is 1.88. The van der Waals surface area contributed by atoms with Crippen LogP contribution in [0.4, 0.5) is 4.79 Å². The van der Waals surface area contributed by atoms with Crippen LogP contribution in [-0.4, -0.2) is 44.0 Å². The number of urea groups is 1. The standard InChI is InChI=1S/C13H26N2O3/c1-9(2)7-17-8-10(3)14-13(16)15-12-5-6-18-11(12)4/h9-12H,5-8H2,1-4H3,(H2,14,15,16)/t10-,11-,12+/m0/s1. The van der Waals surface area contributed by atoms with Crippen molar-refractivity contribution < 1.29 is 14.3 Å². The van der Waals surface area contributed by atoms with E-state index >= 15 is 0 Å². The fraction of sp³-hybridized carbons (Fsp3) is 0.923. The Morgan fingerprint density at radius 1 is 1.39 bits per heavy atom. The minimum absolute atomic E-state index is 0.0152. The van der Waals surface area contributed by atoms with Crippen molar-refractivity contribution in [2.75, 3.05) is 19.8 Å². The van der Waals surface area contributed by atoms with Gasteiger partial charge in [-0.05, 0) is 26.2 Å². The molecule has 5 nitrogen and oxygen atoms in total. The van der Waals surface area contributed by atoms with Crippen LogP contribution < -0.4 is 10.6 Å². The van der Waals surface area contributed by atoms with Gasteiger partial charge in [0.1, 0.15) is 0 Å². The van der Waals surface area contributed by atoms with Crippen LogP contribution in [0.15, 0.2) is 0 Å². The number of carbonyl (C=O) groups is 1. The monoisotopic (exact) mass is 258 g/mol. The summed E-state index contributed by atoms with van der Waals surface area (Å²) in [6, 6.07) is -0.00634. The number of carbonyl (C=O) groups excluding carboxylic acids is 1. The molecule has 0 bridgehead atoms. The highest BCUT2D eigenvalue weighted by atomic mass is 16.5. The predicted octanol–water partition coefficient (Wildman–Crippen LogP) is 1.52. The Morgan fingerprint density at radius 3 is 2.67 bits per heavy atom. The SMILES string of the molecule is CC(C)COC[C@H](C)NC(=O)N[C@@H]1CCO[C@H]1C. The molecule has 0 aromatic rings. The number of nitrogens with one attached hydrogen (secondary N) is 2. The second-order valence-electron chi connectivity index (χ2n) is 5.42. The third kappa shape index (κ3) is 5.69. The normalized spacial score (nSPS) is 25.2. The van der Waals surface area contributed by atoms with Crippen LogP contribution in [0, 0.1) is 5.92 Å². The van der Waals surface area contributed by atoms with Gasteiger partial charge in [-0.2, -0.15) is 0 Å². The molecule has 0 spiro atoms. The van der Waals surface area contributed by atoms with Gasteiger partial charge in [0.05, 0.1) is 24.8 Å². The van der Waals surface area contributed by atoms with Crippen molar-refractivity contribution in [3.8, 4) is 0 Å². The highest BCUT2D eigenvalue weighted by Gasteiger charge is 2.25. The molecule has 0 saturated carbocycles. The Morgan fingerprint density at radius 2 is 2.11 bits per heavy atom. The summed E-state index contributed by atoms with van der Waals surface area (Å²) in [6.07, 6.45) is 0.982. The topological polar surface area (TPSA) is 59.6 Å². The van der Waals surface area contributed by atoms with Gasteiger partial charge in [-0.25, -0.2) is 4.79 Å². The summed E-state index contributed by atoms with van der Waals surface area (Å²) < 4.78 is 10.9. The Balaban J connectivity index is 2.14. The van der Waals surface area contributed by atoms with Crippen molar-refractivity contribution in [3.63, 3.8) is 0 Å². The van der Waals surface area contributed by atoms with E-state index in [1.807, 2.05) is 13.8 Å². The molecular weight excluding hydrogens is 232 g/mol. The smallest absolute Gasteiger partial charge is 0.315 e. The summed E-state index contributed by atoms with van der Waals surface area (Å²) in [7, 11) is 0. The van der Waals surface area contributed by atoms with Gasteiger partial charge in [-0.1, -0.05) is 13.8 Å². The van der Waals surface area contributed by atoms with Gasteiger partial charge >= 0.3 is 6.03 Å². The van der Waals surface area contributed by atoms with Crippen LogP contribution in [0.3, 0.4) is 0 Å². The second kappa shape index (κ2) is 7.59. The Kier molecular flexibility index (Phi) is 6.43. The zero-order chi connectivity index (χ0) is 13.5. The molecule has 1 aliphatic rings. The molecule has 1 heterocycles. The maximum atomic E-state index is 11.7. The minimum Gasteiger partial charge on any atom is -0.379 e. The van der Waals surface area contributed by atoms with Crippen molar-refractivity contribution in [1.29, 1.82) is 0 Å². The van der Waals surface area contributed by atoms with Gasteiger partial charge in [0.2, 0.25) is 0 Å². The van der Waals surface area contributed by atoms with E-state index in [4.69, 9.17) is 9.47 Å². The number of ether oxygens (including phenoxy) is 2. The van der Waals surface area contributed by atoms with Crippen molar-refractivity contribution >= 4 is 6.03 Å². The van der Waals surface area contributed by atoms with Crippen molar-refractivity contribution in [1.82, 2.24) is 10.6 Å². The molecule has 0 radical (unpaired) electrons.